The van der Waals surface area contributed by atoms with Crippen molar-refractivity contribution in [1.29, 1.82) is 0 Å². The molecule has 1 unspecified atom stereocenters. The molecule has 1 atom stereocenters. The van der Waals surface area contributed by atoms with Crippen LogP contribution in [0.15, 0.2) is 18.3 Å². The molecule has 1 fully saturated rings. The van der Waals surface area contributed by atoms with Crippen molar-refractivity contribution in [3.8, 4) is 5.75 Å². The number of hydrogen-bond donors (Lipinski definition) is 1. The van der Waals surface area contributed by atoms with Crippen LogP contribution in [0.3, 0.4) is 0 Å². The van der Waals surface area contributed by atoms with Crippen molar-refractivity contribution in [2.24, 2.45) is 0 Å². The lowest BCUT2D eigenvalue weighted by molar-refractivity contribution is 0.0567. The third-order valence-corrected chi connectivity index (χ3v) is 4.64. The van der Waals surface area contributed by atoms with Crippen molar-refractivity contribution in [2.75, 3.05) is 19.8 Å². The fourth-order valence-corrected chi connectivity index (χ4v) is 3.53. The molecule has 0 spiro atoms. The van der Waals surface area contributed by atoms with Crippen LogP contribution in [0.2, 0.25) is 0 Å². The molecule has 0 radical (unpaired) electrons. The van der Waals surface area contributed by atoms with E-state index in [1.54, 1.807) is 0 Å². The number of piperidine rings is 1. The molecule has 1 aliphatic heterocycles. The fourth-order valence-electron chi connectivity index (χ4n) is 3.53. The molecule has 0 saturated carbocycles. The topological polar surface area (TPSA) is 67.1 Å². The first-order chi connectivity index (χ1) is 11.7. The van der Waals surface area contributed by atoms with Gasteiger partial charge in [0.2, 0.25) is 0 Å². The van der Waals surface area contributed by atoms with Gasteiger partial charge in [0.1, 0.15) is 5.69 Å². The number of amides is 1. The molecule has 1 N–H and O–H groups in total. The third kappa shape index (κ3) is 2.98. The van der Waals surface area contributed by atoms with Gasteiger partial charge in [-0.3, -0.25) is 9.20 Å². The first kappa shape index (κ1) is 16.8. The highest BCUT2D eigenvalue weighted by Crippen LogP contribution is 2.26. The van der Waals surface area contributed by atoms with E-state index in [1.165, 1.54) is 0 Å². The second-order valence-corrected chi connectivity index (χ2v) is 6.21. The fraction of sp³-hybridized carbons (Fsp3) is 0.556. The molecule has 2 aromatic heterocycles. The summed E-state index contributed by atoms with van der Waals surface area (Å²) in [6, 6.07) is 3.85. The predicted molar refractivity (Wildman–Crippen MR) is 91.5 cm³/mol. The lowest BCUT2D eigenvalue weighted by atomic mass is 9.99. The van der Waals surface area contributed by atoms with E-state index in [-0.39, 0.29) is 18.6 Å². The van der Waals surface area contributed by atoms with Gasteiger partial charge in [-0.15, -0.1) is 0 Å². The molecular formula is C18H25N3O3. The standard InChI is InChI=1S/C18H25N3O3/c1-3-24-15-8-6-11-21-16(13(2)19-17(15)21)18(23)20-10-5-4-7-14(20)9-12-22/h6,8,11,14,22H,3-5,7,9-10,12H2,1-2H3. The van der Waals surface area contributed by atoms with Gasteiger partial charge in [-0.2, -0.15) is 0 Å². The number of imidazole rings is 1. The van der Waals surface area contributed by atoms with Crippen LogP contribution >= 0.6 is 0 Å². The highest BCUT2D eigenvalue weighted by atomic mass is 16.5. The van der Waals surface area contributed by atoms with E-state index in [4.69, 9.17) is 4.74 Å². The van der Waals surface area contributed by atoms with Crippen LogP contribution in [0.1, 0.15) is 48.8 Å². The minimum Gasteiger partial charge on any atom is -0.490 e. The molecule has 0 aromatic carbocycles. The summed E-state index contributed by atoms with van der Waals surface area (Å²) < 4.78 is 7.46. The number of ether oxygens (including phenoxy) is 1. The summed E-state index contributed by atoms with van der Waals surface area (Å²) in [6.07, 6.45) is 5.55. The Morgan fingerprint density at radius 3 is 3.04 bits per heavy atom. The molecule has 0 bridgehead atoms. The van der Waals surface area contributed by atoms with Crippen molar-refractivity contribution in [1.82, 2.24) is 14.3 Å². The zero-order valence-electron chi connectivity index (χ0n) is 14.4. The number of pyridine rings is 1. The Morgan fingerprint density at radius 2 is 2.29 bits per heavy atom. The lowest BCUT2D eigenvalue weighted by Crippen LogP contribution is -2.44. The van der Waals surface area contributed by atoms with E-state index in [9.17, 15) is 9.90 Å². The molecule has 2 aromatic rings. The van der Waals surface area contributed by atoms with Crippen molar-refractivity contribution >= 4 is 11.6 Å². The number of carbonyl (C=O) groups is 1. The molecule has 0 aliphatic carbocycles. The number of fused-ring (bicyclic) bond motifs is 1. The highest BCUT2D eigenvalue weighted by molar-refractivity contribution is 5.95. The summed E-state index contributed by atoms with van der Waals surface area (Å²) in [4.78, 5) is 19.7. The monoisotopic (exact) mass is 331 g/mol. The van der Waals surface area contributed by atoms with Crippen molar-refractivity contribution in [2.45, 2.75) is 45.6 Å². The minimum atomic E-state index is -0.00759. The van der Waals surface area contributed by atoms with Gasteiger partial charge in [-0.25, -0.2) is 4.98 Å². The van der Waals surface area contributed by atoms with Crippen LogP contribution in [-0.4, -0.2) is 51.1 Å². The Morgan fingerprint density at radius 1 is 1.46 bits per heavy atom. The van der Waals surface area contributed by atoms with Crippen molar-refractivity contribution < 1.29 is 14.6 Å². The van der Waals surface area contributed by atoms with E-state index in [2.05, 4.69) is 4.98 Å². The number of rotatable bonds is 5. The van der Waals surface area contributed by atoms with Gasteiger partial charge in [-0.1, -0.05) is 0 Å². The van der Waals surface area contributed by atoms with Gasteiger partial charge < -0.3 is 14.7 Å². The Kier molecular flexibility index (Phi) is 5.04. The summed E-state index contributed by atoms with van der Waals surface area (Å²) in [5.41, 5.74) is 1.98. The number of carbonyl (C=O) groups excluding carboxylic acids is 1. The maximum Gasteiger partial charge on any atom is 0.273 e. The van der Waals surface area contributed by atoms with E-state index < -0.39 is 0 Å². The van der Waals surface area contributed by atoms with Gasteiger partial charge >= 0.3 is 0 Å². The van der Waals surface area contributed by atoms with Gasteiger partial charge in [0, 0.05) is 25.4 Å². The van der Waals surface area contributed by atoms with Crippen LogP contribution in [0.25, 0.3) is 5.65 Å². The molecule has 1 amide bonds. The molecule has 6 nitrogen and oxygen atoms in total. The van der Waals surface area contributed by atoms with Crippen molar-refractivity contribution in [3.63, 3.8) is 0 Å². The summed E-state index contributed by atoms with van der Waals surface area (Å²) in [6.45, 7) is 5.19. The number of aromatic nitrogens is 2. The van der Waals surface area contributed by atoms with Crippen LogP contribution in [0, 0.1) is 6.92 Å². The second-order valence-electron chi connectivity index (χ2n) is 6.21. The molecule has 130 valence electrons. The average molecular weight is 331 g/mol. The quantitative estimate of drug-likeness (QED) is 0.914. The lowest BCUT2D eigenvalue weighted by Gasteiger charge is -2.35. The number of nitrogens with zero attached hydrogens (tertiary/aromatic N) is 3. The number of hydrogen-bond acceptors (Lipinski definition) is 4. The first-order valence-corrected chi connectivity index (χ1v) is 8.69. The number of aryl methyl sites for hydroxylation is 1. The first-order valence-electron chi connectivity index (χ1n) is 8.69. The number of aliphatic hydroxyl groups is 1. The van der Waals surface area contributed by atoms with Crippen LogP contribution in [-0.2, 0) is 0 Å². The summed E-state index contributed by atoms with van der Waals surface area (Å²) in [5.74, 6) is 0.680. The van der Waals surface area contributed by atoms with E-state index >= 15 is 0 Å². The summed E-state index contributed by atoms with van der Waals surface area (Å²) in [7, 11) is 0. The Hall–Kier alpha value is -2.08. The molecule has 1 aliphatic rings. The number of aliphatic hydroxyl groups excluding tert-OH is 1. The highest BCUT2D eigenvalue weighted by Gasteiger charge is 2.30. The van der Waals surface area contributed by atoms with Crippen LogP contribution in [0.5, 0.6) is 5.75 Å². The zero-order chi connectivity index (χ0) is 17.1. The molecule has 1 saturated heterocycles. The van der Waals surface area contributed by atoms with E-state index in [0.29, 0.717) is 35.8 Å². The maximum atomic E-state index is 13.2. The Bertz CT molecular complexity index is 724. The second kappa shape index (κ2) is 7.21. The van der Waals surface area contributed by atoms with Crippen LogP contribution in [0.4, 0.5) is 0 Å². The zero-order valence-corrected chi connectivity index (χ0v) is 14.4. The largest absolute Gasteiger partial charge is 0.490 e. The normalized spacial score (nSPS) is 18.1. The van der Waals surface area contributed by atoms with Gasteiger partial charge in [0.25, 0.3) is 5.91 Å². The van der Waals surface area contributed by atoms with E-state index in [0.717, 1.165) is 25.8 Å². The van der Waals surface area contributed by atoms with Crippen LogP contribution < -0.4 is 4.74 Å². The van der Waals surface area contributed by atoms with Crippen molar-refractivity contribution in [3.05, 3.63) is 29.7 Å². The average Bonchev–Trinajstić information content (AvgIpc) is 2.92. The third-order valence-electron chi connectivity index (χ3n) is 4.64. The summed E-state index contributed by atoms with van der Waals surface area (Å²) in [5, 5.41) is 9.30. The summed E-state index contributed by atoms with van der Waals surface area (Å²) >= 11 is 0. The van der Waals surface area contributed by atoms with Gasteiger partial charge in [0.15, 0.2) is 11.4 Å². The van der Waals surface area contributed by atoms with E-state index in [1.807, 2.05) is 41.5 Å². The smallest absolute Gasteiger partial charge is 0.273 e. The minimum absolute atomic E-state index is 0.00759. The Labute approximate surface area is 142 Å². The van der Waals surface area contributed by atoms with Gasteiger partial charge in [-0.05, 0) is 51.7 Å². The number of likely N-dealkylation sites (tertiary alicyclic amines) is 1. The predicted octanol–water partition coefficient (Wildman–Crippen LogP) is 2.42. The molecule has 3 rings (SSSR count). The maximum absolute atomic E-state index is 13.2. The molecule has 3 heterocycles. The SMILES string of the molecule is CCOc1cccn2c(C(=O)N3CCCCC3CCO)c(C)nc12. The van der Waals surface area contributed by atoms with Gasteiger partial charge in [0.05, 0.1) is 12.3 Å². The Balaban J connectivity index is 2.00. The molecule has 6 heteroatoms. The molecular weight excluding hydrogens is 306 g/mol. The molecule has 24 heavy (non-hydrogen) atoms.